The van der Waals surface area contributed by atoms with Crippen LogP contribution >= 0.6 is 39.9 Å². The summed E-state index contributed by atoms with van der Waals surface area (Å²) in [6, 6.07) is 5.72. The molecule has 0 aliphatic rings. The summed E-state index contributed by atoms with van der Waals surface area (Å²) in [5.74, 6) is 0.0608. The van der Waals surface area contributed by atoms with Crippen LogP contribution in [0.1, 0.15) is 0 Å². The Labute approximate surface area is 134 Å². The second-order valence-electron chi connectivity index (χ2n) is 3.90. The predicted octanol–water partition coefficient (Wildman–Crippen LogP) is 5.03. The summed E-state index contributed by atoms with van der Waals surface area (Å²) in [6.07, 6.45) is 3.55. The summed E-state index contributed by atoms with van der Waals surface area (Å²) < 4.78 is 3.05. The molecule has 0 aliphatic heterocycles. The fraction of sp³-hybridized carbons (Fsp3) is 0.154. The molecule has 1 heterocycles. The average molecular weight is 370 g/mol. The highest BCUT2D eigenvalue weighted by Gasteiger charge is 2.16. The molecule has 0 fully saturated rings. The third-order valence-corrected chi connectivity index (χ3v) is 4.20. The van der Waals surface area contributed by atoms with Crippen LogP contribution in [0.4, 0.5) is 5.69 Å². The minimum absolute atomic E-state index is 0.0608. The lowest BCUT2D eigenvalue weighted by Crippen LogP contribution is -1.92. The molecule has 1 N–H and O–H groups in total. The SMILES string of the molecule is C=CCn1c(O)c(N=NC(=S)SC)c2cc(Br)ccc21. The monoisotopic (exact) mass is 369 g/mol. The molecule has 1 aromatic carbocycles. The van der Waals surface area contributed by atoms with Crippen LogP contribution < -0.4 is 0 Å². The van der Waals surface area contributed by atoms with E-state index >= 15 is 0 Å². The fourth-order valence-electron chi connectivity index (χ4n) is 1.84. The third kappa shape index (κ3) is 2.94. The van der Waals surface area contributed by atoms with Crippen molar-refractivity contribution in [3.05, 3.63) is 35.3 Å². The molecule has 20 heavy (non-hydrogen) atoms. The second kappa shape index (κ2) is 6.51. The standard InChI is InChI=1S/C13H12BrN3OS2/c1-3-6-17-10-5-4-8(14)7-9(10)11(12(17)18)15-16-13(19)20-2/h3-5,7,18H,1,6H2,2H3. The molecule has 7 heteroatoms. The number of allylic oxidation sites excluding steroid dienone is 1. The van der Waals surface area contributed by atoms with Crippen molar-refractivity contribution in [2.45, 2.75) is 6.54 Å². The summed E-state index contributed by atoms with van der Waals surface area (Å²) in [5, 5.41) is 19.1. The number of halogens is 1. The number of rotatable bonds is 3. The minimum atomic E-state index is 0.0608. The van der Waals surface area contributed by atoms with E-state index in [0.29, 0.717) is 16.6 Å². The van der Waals surface area contributed by atoms with Gasteiger partial charge in [0.05, 0.1) is 5.52 Å². The molecule has 0 saturated carbocycles. The van der Waals surface area contributed by atoms with Crippen molar-refractivity contribution in [2.75, 3.05) is 6.26 Å². The van der Waals surface area contributed by atoms with Gasteiger partial charge in [-0.2, -0.15) is 0 Å². The van der Waals surface area contributed by atoms with Gasteiger partial charge in [-0.05, 0) is 36.7 Å². The van der Waals surface area contributed by atoms with Gasteiger partial charge in [-0.15, -0.1) is 16.8 Å². The van der Waals surface area contributed by atoms with Crippen LogP contribution in [0.3, 0.4) is 0 Å². The van der Waals surface area contributed by atoms with E-state index in [1.165, 1.54) is 11.8 Å². The van der Waals surface area contributed by atoms with Crippen LogP contribution in [0.15, 0.2) is 45.6 Å². The minimum Gasteiger partial charge on any atom is -0.493 e. The van der Waals surface area contributed by atoms with Gasteiger partial charge in [0.15, 0.2) is 10.0 Å². The van der Waals surface area contributed by atoms with Crippen molar-refractivity contribution >= 4 is 60.8 Å². The molecule has 0 atom stereocenters. The van der Waals surface area contributed by atoms with Crippen LogP contribution in [0.5, 0.6) is 5.88 Å². The topological polar surface area (TPSA) is 49.9 Å². The first kappa shape index (κ1) is 15.2. The Morgan fingerprint density at radius 1 is 1.60 bits per heavy atom. The van der Waals surface area contributed by atoms with Crippen LogP contribution in [0.2, 0.25) is 0 Å². The lowest BCUT2D eigenvalue weighted by molar-refractivity contribution is 0.431. The Morgan fingerprint density at radius 3 is 3.00 bits per heavy atom. The molecule has 0 unspecified atom stereocenters. The number of benzene rings is 1. The highest BCUT2D eigenvalue weighted by molar-refractivity contribution is 9.10. The van der Waals surface area contributed by atoms with Gasteiger partial charge >= 0.3 is 0 Å². The number of aromatic hydroxyl groups is 1. The Balaban J connectivity index is 2.65. The maximum Gasteiger partial charge on any atom is 0.221 e. The van der Waals surface area contributed by atoms with E-state index in [9.17, 15) is 5.11 Å². The van der Waals surface area contributed by atoms with E-state index in [-0.39, 0.29) is 5.88 Å². The van der Waals surface area contributed by atoms with E-state index in [2.05, 4.69) is 32.7 Å². The Hall–Kier alpha value is -1.18. The van der Waals surface area contributed by atoms with E-state index in [1.807, 2.05) is 24.5 Å². The maximum atomic E-state index is 10.3. The van der Waals surface area contributed by atoms with Crippen molar-refractivity contribution in [2.24, 2.45) is 10.2 Å². The van der Waals surface area contributed by atoms with E-state index < -0.39 is 0 Å². The fourth-order valence-corrected chi connectivity index (χ4v) is 2.36. The molecule has 1 aromatic heterocycles. The number of thioether (sulfide) groups is 1. The van der Waals surface area contributed by atoms with Crippen molar-refractivity contribution in [3.63, 3.8) is 0 Å². The van der Waals surface area contributed by atoms with Gasteiger partial charge in [0.1, 0.15) is 0 Å². The molecule has 0 radical (unpaired) electrons. The normalized spacial score (nSPS) is 11.3. The molecule has 0 spiro atoms. The van der Waals surface area contributed by atoms with E-state index in [0.717, 1.165) is 15.4 Å². The first-order valence-corrected chi connectivity index (χ1v) is 8.12. The quantitative estimate of drug-likeness (QED) is 0.469. The summed E-state index contributed by atoms with van der Waals surface area (Å²) in [5.41, 5.74) is 1.29. The predicted molar refractivity (Wildman–Crippen MR) is 92.1 cm³/mol. The van der Waals surface area contributed by atoms with E-state index in [1.54, 1.807) is 10.6 Å². The molecule has 4 nitrogen and oxygen atoms in total. The smallest absolute Gasteiger partial charge is 0.221 e. The molecular weight excluding hydrogens is 358 g/mol. The summed E-state index contributed by atoms with van der Waals surface area (Å²) in [7, 11) is 0. The number of nitrogens with zero attached hydrogens (tertiary/aromatic N) is 3. The number of thiocarbonyl (C=S) groups is 1. The summed E-state index contributed by atoms with van der Waals surface area (Å²) in [6.45, 7) is 4.19. The number of azo groups is 1. The summed E-state index contributed by atoms with van der Waals surface area (Å²) >= 11 is 9.75. The van der Waals surface area contributed by atoms with Gasteiger partial charge in [0.25, 0.3) is 0 Å². The van der Waals surface area contributed by atoms with Crippen LogP contribution in [-0.4, -0.2) is 20.2 Å². The van der Waals surface area contributed by atoms with Gasteiger partial charge in [-0.1, -0.05) is 33.8 Å². The highest BCUT2D eigenvalue weighted by atomic mass is 79.9. The van der Waals surface area contributed by atoms with Crippen molar-refractivity contribution in [1.82, 2.24) is 4.57 Å². The van der Waals surface area contributed by atoms with Gasteiger partial charge in [-0.25, -0.2) is 0 Å². The average Bonchev–Trinajstić information content (AvgIpc) is 2.69. The first-order valence-electron chi connectivity index (χ1n) is 5.69. The molecule has 2 aromatic rings. The lowest BCUT2D eigenvalue weighted by Gasteiger charge is -2.02. The Bertz CT molecular complexity index is 709. The molecule has 2 rings (SSSR count). The van der Waals surface area contributed by atoms with Crippen LogP contribution in [0, 0.1) is 0 Å². The zero-order chi connectivity index (χ0) is 14.7. The first-order chi connectivity index (χ1) is 9.58. The van der Waals surface area contributed by atoms with Gasteiger partial charge in [0.2, 0.25) is 5.88 Å². The third-order valence-electron chi connectivity index (χ3n) is 2.69. The lowest BCUT2D eigenvalue weighted by atomic mass is 10.2. The zero-order valence-corrected chi connectivity index (χ0v) is 13.9. The molecule has 0 bridgehead atoms. The number of hydrogen-bond donors (Lipinski definition) is 1. The van der Waals surface area contributed by atoms with Crippen LogP contribution in [0.25, 0.3) is 10.9 Å². The largest absolute Gasteiger partial charge is 0.493 e. The molecule has 0 aliphatic carbocycles. The number of hydrogen-bond acceptors (Lipinski definition) is 4. The Morgan fingerprint density at radius 2 is 2.35 bits per heavy atom. The van der Waals surface area contributed by atoms with E-state index in [4.69, 9.17) is 12.2 Å². The molecule has 0 saturated heterocycles. The van der Waals surface area contributed by atoms with Crippen molar-refractivity contribution < 1.29 is 5.11 Å². The maximum absolute atomic E-state index is 10.3. The second-order valence-corrected chi connectivity index (χ2v) is 6.26. The zero-order valence-electron chi connectivity index (χ0n) is 10.7. The Kier molecular flexibility index (Phi) is 4.95. The van der Waals surface area contributed by atoms with Crippen molar-refractivity contribution in [1.29, 1.82) is 0 Å². The summed E-state index contributed by atoms with van der Waals surface area (Å²) in [4.78, 5) is 0. The number of fused-ring (bicyclic) bond motifs is 1. The van der Waals surface area contributed by atoms with Gasteiger partial charge in [-0.3, -0.25) is 0 Å². The number of aromatic nitrogens is 1. The molecule has 104 valence electrons. The van der Waals surface area contributed by atoms with Crippen molar-refractivity contribution in [3.8, 4) is 5.88 Å². The highest BCUT2D eigenvalue weighted by Crippen LogP contribution is 2.40. The molecule has 0 amide bonds. The van der Waals surface area contributed by atoms with Gasteiger partial charge < -0.3 is 9.67 Å². The van der Waals surface area contributed by atoms with Gasteiger partial charge in [0, 0.05) is 16.4 Å². The van der Waals surface area contributed by atoms with Crippen LogP contribution in [-0.2, 0) is 6.54 Å². The molecular formula is C13H12BrN3OS2.